The Morgan fingerprint density at radius 3 is 2.86 bits per heavy atom. The van der Waals surface area contributed by atoms with Gasteiger partial charge in [-0.3, -0.25) is 14.3 Å². The molecular weight excluding hydrogens is 294 g/mol. The summed E-state index contributed by atoms with van der Waals surface area (Å²) in [6, 6.07) is 0. The summed E-state index contributed by atoms with van der Waals surface area (Å²) in [5.74, 6) is 0.478. The highest BCUT2D eigenvalue weighted by atomic mass is 35.5. The summed E-state index contributed by atoms with van der Waals surface area (Å²) in [6.45, 7) is 6.23. The van der Waals surface area contributed by atoms with Crippen LogP contribution in [0, 0.1) is 0 Å². The number of aromatic nitrogens is 4. The molecule has 2 heterocycles. The van der Waals surface area contributed by atoms with Crippen LogP contribution in [0.5, 0.6) is 0 Å². The predicted octanol–water partition coefficient (Wildman–Crippen LogP) is 1.16. The summed E-state index contributed by atoms with van der Waals surface area (Å²) >= 11 is 5.85. The molecule has 0 saturated carbocycles. The molecule has 0 spiro atoms. The number of fused-ring (bicyclic) bond motifs is 1. The molecule has 2 aromatic heterocycles. The number of hydrogen-bond acceptors (Lipinski definition) is 4. The van der Waals surface area contributed by atoms with E-state index in [4.69, 9.17) is 11.6 Å². The maximum Gasteiger partial charge on any atom is 0.329 e. The second-order valence-electron chi connectivity index (χ2n) is 4.50. The Morgan fingerprint density at radius 2 is 2.24 bits per heavy atom. The molecule has 0 saturated heterocycles. The van der Waals surface area contributed by atoms with Crippen molar-refractivity contribution in [2.24, 2.45) is 7.05 Å². The predicted molar refractivity (Wildman–Crippen MR) is 83.9 cm³/mol. The number of H-pyrrole nitrogens is 1. The van der Waals surface area contributed by atoms with E-state index in [1.165, 1.54) is 4.57 Å². The number of allylic oxidation sites excluding steroid dienone is 2. The highest BCUT2D eigenvalue weighted by Gasteiger charge is 2.16. The molecule has 0 aromatic carbocycles. The fourth-order valence-electron chi connectivity index (χ4n) is 1.93. The van der Waals surface area contributed by atoms with E-state index >= 15 is 0 Å². The van der Waals surface area contributed by atoms with Gasteiger partial charge >= 0.3 is 5.69 Å². The van der Waals surface area contributed by atoms with Crippen LogP contribution in [0.2, 0.25) is 0 Å². The minimum atomic E-state index is -0.503. The Labute approximate surface area is 125 Å². The largest absolute Gasteiger partial charge is 0.352 e. The number of nitrogens with one attached hydrogen (secondary N) is 2. The number of anilines is 1. The van der Waals surface area contributed by atoms with E-state index in [2.05, 4.69) is 21.9 Å². The van der Waals surface area contributed by atoms with Crippen LogP contribution in [0.3, 0.4) is 0 Å². The van der Waals surface area contributed by atoms with Gasteiger partial charge in [0.05, 0.1) is 0 Å². The topological polar surface area (TPSA) is 84.7 Å². The summed E-state index contributed by atoms with van der Waals surface area (Å²) in [7, 11) is 1.55. The molecule has 0 atom stereocenters. The van der Waals surface area contributed by atoms with Crippen LogP contribution in [-0.4, -0.2) is 25.6 Å². The van der Waals surface area contributed by atoms with E-state index in [1.807, 2.05) is 0 Å². The van der Waals surface area contributed by atoms with Gasteiger partial charge in [-0.15, -0.1) is 6.58 Å². The van der Waals surface area contributed by atoms with Gasteiger partial charge in [0.15, 0.2) is 11.2 Å². The minimum Gasteiger partial charge on any atom is -0.352 e. The monoisotopic (exact) mass is 309 g/mol. The van der Waals surface area contributed by atoms with Crippen molar-refractivity contribution in [2.45, 2.75) is 13.5 Å². The smallest absolute Gasteiger partial charge is 0.329 e. The second-order valence-corrected chi connectivity index (χ2v) is 5.09. The number of imidazole rings is 1. The van der Waals surface area contributed by atoms with Gasteiger partial charge in [-0.1, -0.05) is 23.8 Å². The third-order valence-electron chi connectivity index (χ3n) is 2.97. The molecule has 0 aliphatic carbocycles. The molecule has 0 fully saturated rings. The second kappa shape index (κ2) is 6.01. The van der Waals surface area contributed by atoms with Crippen molar-refractivity contribution in [2.75, 3.05) is 11.9 Å². The molecule has 0 aliphatic heterocycles. The molecule has 7 nitrogen and oxygen atoms in total. The van der Waals surface area contributed by atoms with Crippen LogP contribution in [0.25, 0.3) is 11.2 Å². The first-order valence-corrected chi connectivity index (χ1v) is 6.70. The van der Waals surface area contributed by atoms with Gasteiger partial charge < -0.3 is 9.88 Å². The van der Waals surface area contributed by atoms with E-state index < -0.39 is 11.2 Å². The van der Waals surface area contributed by atoms with Crippen molar-refractivity contribution in [1.29, 1.82) is 0 Å². The first-order valence-electron chi connectivity index (χ1n) is 6.32. The Kier molecular flexibility index (Phi) is 4.32. The number of nitrogens with zero attached hydrogens (tertiary/aromatic N) is 3. The van der Waals surface area contributed by atoms with Crippen molar-refractivity contribution in [3.05, 3.63) is 44.6 Å². The van der Waals surface area contributed by atoms with Crippen LogP contribution < -0.4 is 16.6 Å². The Morgan fingerprint density at radius 1 is 1.52 bits per heavy atom. The number of aryl methyl sites for hydroxylation is 1. The lowest BCUT2D eigenvalue weighted by Crippen LogP contribution is -2.29. The lowest BCUT2D eigenvalue weighted by Gasteiger charge is -2.06. The summed E-state index contributed by atoms with van der Waals surface area (Å²) in [4.78, 5) is 30.3. The Hall–Kier alpha value is -2.28. The molecule has 0 radical (unpaired) electrons. The molecule has 2 N–H and O–H groups in total. The van der Waals surface area contributed by atoms with Gasteiger partial charge in [0, 0.05) is 25.2 Å². The molecule has 0 bridgehead atoms. The highest BCUT2D eigenvalue weighted by molar-refractivity contribution is 6.29. The number of aromatic amines is 1. The third kappa shape index (κ3) is 2.92. The van der Waals surface area contributed by atoms with E-state index in [0.717, 1.165) is 0 Å². The van der Waals surface area contributed by atoms with Crippen LogP contribution >= 0.6 is 11.6 Å². The molecule has 8 heteroatoms. The summed E-state index contributed by atoms with van der Waals surface area (Å²) in [5.41, 5.74) is -0.349. The van der Waals surface area contributed by atoms with Gasteiger partial charge in [-0.05, 0) is 6.92 Å². The molecule has 21 heavy (non-hydrogen) atoms. The summed E-state index contributed by atoms with van der Waals surface area (Å²) < 4.78 is 2.96. The van der Waals surface area contributed by atoms with E-state index in [9.17, 15) is 9.59 Å². The van der Waals surface area contributed by atoms with E-state index in [-0.39, 0.29) is 0 Å². The molecule has 112 valence electrons. The van der Waals surface area contributed by atoms with Crippen molar-refractivity contribution < 1.29 is 0 Å². The molecule has 0 amide bonds. The molecule has 2 aromatic rings. The Bertz CT molecular complexity index is 823. The number of halogens is 1. The van der Waals surface area contributed by atoms with Gasteiger partial charge in [-0.25, -0.2) is 4.79 Å². The number of hydrogen-bond donors (Lipinski definition) is 2. The average Bonchev–Trinajstić information content (AvgIpc) is 2.79. The van der Waals surface area contributed by atoms with Crippen molar-refractivity contribution >= 4 is 28.7 Å². The standard InChI is InChI=1S/C13H16ClN5O2/c1-4-6-15-12-16-10-9(19(12)7-5-8(2)14)11(20)17-13(21)18(10)3/h4-5H,1,6-7H2,2-3H3,(H,15,16)(H,17,20,21)/b8-5-. The van der Waals surface area contributed by atoms with Crippen LogP contribution in [0.1, 0.15) is 6.92 Å². The van der Waals surface area contributed by atoms with Gasteiger partial charge in [0.1, 0.15) is 0 Å². The van der Waals surface area contributed by atoms with Gasteiger partial charge in [-0.2, -0.15) is 4.98 Å². The SMILES string of the molecule is C=CCNc1nc2c(c(=O)[nH]c(=O)n2C)n1C/C=C(/C)Cl. The van der Waals surface area contributed by atoms with Gasteiger partial charge in [0.25, 0.3) is 5.56 Å². The van der Waals surface area contributed by atoms with Crippen molar-refractivity contribution in [3.63, 3.8) is 0 Å². The molecule has 0 aliphatic rings. The zero-order valence-corrected chi connectivity index (χ0v) is 12.6. The zero-order chi connectivity index (χ0) is 15.6. The average molecular weight is 310 g/mol. The molecular formula is C13H16ClN5O2. The van der Waals surface area contributed by atoms with Crippen molar-refractivity contribution in [3.8, 4) is 0 Å². The molecule has 2 rings (SSSR count). The van der Waals surface area contributed by atoms with Gasteiger partial charge in [0.2, 0.25) is 5.95 Å². The van der Waals surface area contributed by atoms with Crippen LogP contribution in [0.4, 0.5) is 5.95 Å². The lowest BCUT2D eigenvalue weighted by atomic mass is 10.4. The minimum absolute atomic E-state index is 0.316. The molecule has 0 unspecified atom stereocenters. The highest BCUT2D eigenvalue weighted by Crippen LogP contribution is 2.16. The quantitative estimate of drug-likeness (QED) is 0.812. The first kappa shape index (κ1) is 15.1. The maximum absolute atomic E-state index is 12.1. The third-order valence-corrected chi connectivity index (χ3v) is 3.12. The summed E-state index contributed by atoms with van der Waals surface area (Å²) in [5, 5.41) is 3.65. The first-order chi connectivity index (χ1) is 9.95. The fourth-order valence-corrected chi connectivity index (χ4v) is 2.00. The van der Waals surface area contributed by atoms with Crippen LogP contribution in [-0.2, 0) is 13.6 Å². The normalized spacial score (nSPS) is 11.9. The van der Waals surface area contributed by atoms with Crippen molar-refractivity contribution in [1.82, 2.24) is 19.1 Å². The Balaban J connectivity index is 2.73. The lowest BCUT2D eigenvalue weighted by molar-refractivity contribution is 0.818. The summed E-state index contributed by atoms with van der Waals surface area (Å²) in [6.07, 6.45) is 3.43. The fraction of sp³-hybridized carbons (Fsp3) is 0.308. The number of rotatable bonds is 5. The van der Waals surface area contributed by atoms with E-state index in [1.54, 1.807) is 30.7 Å². The zero-order valence-electron chi connectivity index (χ0n) is 11.8. The maximum atomic E-state index is 12.1. The van der Waals surface area contributed by atoms with E-state index in [0.29, 0.717) is 35.2 Å². The van der Waals surface area contributed by atoms with Crippen LogP contribution in [0.15, 0.2) is 33.4 Å².